The van der Waals surface area contributed by atoms with Gasteiger partial charge in [-0.25, -0.2) is 4.98 Å². The number of hydrogen-bond acceptors (Lipinski definition) is 5. The summed E-state index contributed by atoms with van der Waals surface area (Å²) in [6.45, 7) is 1.62. The summed E-state index contributed by atoms with van der Waals surface area (Å²) in [5.41, 5.74) is -0.224. The summed E-state index contributed by atoms with van der Waals surface area (Å²) in [6, 6.07) is 1.15. The van der Waals surface area contributed by atoms with E-state index in [0.717, 1.165) is 31.6 Å². The van der Waals surface area contributed by atoms with E-state index in [2.05, 4.69) is 15.6 Å². The monoisotopic (exact) mass is 284 g/mol. The zero-order chi connectivity index (χ0) is 13.8. The molecule has 0 radical (unpaired) electrons. The highest BCUT2D eigenvalue weighted by atomic mass is 35.5. The SMILES string of the molecule is O=C(N[C@H]1CCCNC1)c1cc([N+](=O)[O-])cnc1Cl. The Bertz CT molecular complexity index is 503. The maximum absolute atomic E-state index is 12.0. The molecule has 7 nitrogen and oxygen atoms in total. The summed E-state index contributed by atoms with van der Waals surface area (Å²) in [5, 5.41) is 16.6. The van der Waals surface area contributed by atoms with Crippen molar-refractivity contribution in [1.82, 2.24) is 15.6 Å². The van der Waals surface area contributed by atoms with Crippen molar-refractivity contribution < 1.29 is 9.72 Å². The second kappa shape index (κ2) is 5.94. The van der Waals surface area contributed by atoms with Crippen LogP contribution in [0.3, 0.4) is 0 Å². The summed E-state index contributed by atoms with van der Waals surface area (Å²) >= 11 is 5.80. The first-order valence-corrected chi connectivity index (χ1v) is 6.27. The van der Waals surface area contributed by atoms with Crippen molar-refractivity contribution in [2.75, 3.05) is 13.1 Å². The van der Waals surface area contributed by atoms with Crippen LogP contribution in [0.5, 0.6) is 0 Å². The van der Waals surface area contributed by atoms with Gasteiger partial charge in [-0.3, -0.25) is 14.9 Å². The molecule has 1 atom stereocenters. The van der Waals surface area contributed by atoms with Crippen molar-refractivity contribution in [2.24, 2.45) is 0 Å². The van der Waals surface area contributed by atoms with Gasteiger partial charge < -0.3 is 10.6 Å². The molecule has 2 heterocycles. The Kier molecular flexibility index (Phi) is 4.28. The van der Waals surface area contributed by atoms with E-state index in [1.165, 1.54) is 0 Å². The molecule has 102 valence electrons. The Morgan fingerprint density at radius 1 is 1.63 bits per heavy atom. The van der Waals surface area contributed by atoms with Crippen LogP contribution in [0.25, 0.3) is 0 Å². The van der Waals surface area contributed by atoms with Crippen LogP contribution < -0.4 is 10.6 Å². The van der Waals surface area contributed by atoms with Gasteiger partial charge in [-0.05, 0) is 19.4 Å². The van der Waals surface area contributed by atoms with Crippen molar-refractivity contribution in [3.8, 4) is 0 Å². The Morgan fingerprint density at radius 3 is 3.05 bits per heavy atom. The Labute approximate surface area is 114 Å². The summed E-state index contributed by atoms with van der Waals surface area (Å²) in [7, 11) is 0. The fourth-order valence-electron chi connectivity index (χ4n) is 1.93. The number of aromatic nitrogens is 1. The van der Waals surface area contributed by atoms with Gasteiger partial charge in [0.25, 0.3) is 11.6 Å². The quantitative estimate of drug-likeness (QED) is 0.492. The van der Waals surface area contributed by atoms with Gasteiger partial charge in [0.15, 0.2) is 0 Å². The maximum atomic E-state index is 12.0. The van der Waals surface area contributed by atoms with Gasteiger partial charge in [-0.15, -0.1) is 0 Å². The number of rotatable bonds is 3. The minimum absolute atomic E-state index is 0.0107. The minimum Gasteiger partial charge on any atom is -0.348 e. The van der Waals surface area contributed by atoms with E-state index in [4.69, 9.17) is 11.6 Å². The lowest BCUT2D eigenvalue weighted by Crippen LogP contribution is -2.45. The van der Waals surface area contributed by atoms with Crippen molar-refractivity contribution in [2.45, 2.75) is 18.9 Å². The topological polar surface area (TPSA) is 97.2 Å². The van der Waals surface area contributed by atoms with Gasteiger partial charge in [0.2, 0.25) is 0 Å². The second-order valence-corrected chi connectivity index (χ2v) is 4.66. The van der Waals surface area contributed by atoms with E-state index in [1.54, 1.807) is 0 Å². The first kappa shape index (κ1) is 13.7. The van der Waals surface area contributed by atoms with Crippen LogP contribution in [0, 0.1) is 10.1 Å². The van der Waals surface area contributed by atoms with Crippen molar-refractivity contribution in [1.29, 1.82) is 0 Å². The molecule has 2 rings (SSSR count). The third kappa shape index (κ3) is 3.39. The number of amides is 1. The lowest BCUT2D eigenvalue weighted by atomic mass is 10.1. The summed E-state index contributed by atoms with van der Waals surface area (Å²) in [6.07, 6.45) is 2.88. The second-order valence-electron chi connectivity index (χ2n) is 4.31. The Morgan fingerprint density at radius 2 is 2.42 bits per heavy atom. The highest BCUT2D eigenvalue weighted by Crippen LogP contribution is 2.19. The Hall–Kier alpha value is -1.73. The normalized spacial score (nSPS) is 18.9. The number of nitrogens with one attached hydrogen (secondary N) is 2. The molecule has 1 fully saturated rings. The van der Waals surface area contributed by atoms with Crippen LogP contribution in [-0.2, 0) is 0 Å². The zero-order valence-electron chi connectivity index (χ0n) is 10.1. The largest absolute Gasteiger partial charge is 0.348 e. The molecule has 1 amide bonds. The highest BCUT2D eigenvalue weighted by Gasteiger charge is 2.21. The van der Waals surface area contributed by atoms with Gasteiger partial charge in [0, 0.05) is 18.7 Å². The van der Waals surface area contributed by atoms with Gasteiger partial charge in [-0.1, -0.05) is 11.6 Å². The molecule has 0 saturated carbocycles. The van der Waals surface area contributed by atoms with Gasteiger partial charge in [-0.2, -0.15) is 0 Å². The van der Waals surface area contributed by atoms with Gasteiger partial charge in [0.05, 0.1) is 10.5 Å². The molecular weight excluding hydrogens is 272 g/mol. The van der Waals surface area contributed by atoms with E-state index in [9.17, 15) is 14.9 Å². The maximum Gasteiger partial charge on any atom is 0.288 e. The zero-order valence-corrected chi connectivity index (χ0v) is 10.8. The third-order valence-electron chi connectivity index (χ3n) is 2.91. The average Bonchev–Trinajstić information content (AvgIpc) is 2.40. The molecule has 0 aromatic carbocycles. The summed E-state index contributed by atoms with van der Waals surface area (Å²) < 4.78 is 0. The number of hydrogen-bond donors (Lipinski definition) is 2. The van der Waals surface area contributed by atoms with Crippen LogP contribution in [0.1, 0.15) is 23.2 Å². The van der Waals surface area contributed by atoms with Crippen LogP contribution in [0.4, 0.5) is 5.69 Å². The fourth-order valence-corrected chi connectivity index (χ4v) is 2.12. The van der Waals surface area contributed by atoms with Crippen LogP contribution >= 0.6 is 11.6 Å². The lowest BCUT2D eigenvalue weighted by molar-refractivity contribution is -0.385. The molecule has 2 N–H and O–H groups in total. The predicted octanol–water partition coefficient (Wildman–Crippen LogP) is 1.12. The van der Waals surface area contributed by atoms with Gasteiger partial charge in [0.1, 0.15) is 11.3 Å². The fraction of sp³-hybridized carbons (Fsp3) is 0.455. The number of piperidine rings is 1. The molecule has 0 aliphatic carbocycles. The third-order valence-corrected chi connectivity index (χ3v) is 3.21. The van der Waals surface area contributed by atoms with Crippen molar-refractivity contribution in [3.05, 3.63) is 33.1 Å². The Balaban J connectivity index is 2.13. The van der Waals surface area contributed by atoms with Gasteiger partial charge >= 0.3 is 0 Å². The number of carbonyl (C=O) groups is 1. The first-order chi connectivity index (χ1) is 9.08. The number of pyridine rings is 1. The molecule has 1 saturated heterocycles. The molecular formula is C11H13ClN4O3. The summed E-state index contributed by atoms with van der Waals surface area (Å²) in [4.78, 5) is 25.7. The minimum atomic E-state index is -0.609. The van der Waals surface area contributed by atoms with E-state index < -0.39 is 10.8 Å². The standard InChI is InChI=1S/C11H13ClN4O3/c12-10-9(4-8(6-14-10)16(18)19)11(17)15-7-2-1-3-13-5-7/h4,6-7,13H,1-3,5H2,(H,15,17)/t7-/m0/s1. The van der Waals surface area contributed by atoms with E-state index >= 15 is 0 Å². The number of nitrogens with zero attached hydrogens (tertiary/aromatic N) is 2. The summed E-state index contributed by atoms with van der Waals surface area (Å²) in [5.74, 6) is -0.435. The van der Waals surface area contributed by atoms with E-state index in [1.807, 2.05) is 0 Å². The van der Waals surface area contributed by atoms with E-state index in [-0.39, 0.29) is 22.4 Å². The molecule has 0 unspecified atom stereocenters. The predicted molar refractivity (Wildman–Crippen MR) is 69.3 cm³/mol. The smallest absolute Gasteiger partial charge is 0.288 e. The average molecular weight is 285 g/mol. The molecule has 1 aliphatic heterocycles. The number of carbonyl (C=O) groups excluding carboxylic acids is 1. The van der Waals surface area contributed by atoms with Crippen LogP contribution in [-0.4, -0.2) is 34.9 Å². The molecule has 0 bridgehead atoms. The molecule has 0 spiro atoms. The molecule has 1 aliphatic rings. The molecule has 1 aromatic heterocycles. The molecule has 8 heteroatoms. The lowest BCUT2D eigenvalue weighted by Gasteiger charge is -2.23. The molecule has 1 aromatic rings. The number of halogens is 1. The first-order valence-electron chi connectivity index (χ1n) is 5.89. The molecule has 19 heavy (non-hydrogen) atoms. The van der Waals surface area contributed by atoms with E-state index in [0.29, 0.717) is 6.54 Å². The highest BCUT2D eigenvalue weighted by molar-refractivity contribution is 6.32. The van der Waals surface area contributed by atoms with Crippen LogP contribution in [0.15, 0.2) is 12.3 Å². The van der Waals surface area contributed by atoms with Crippen LogP contribution in [0.2, 0.25) is 5.15 Å². The van der Waals surface area contributed by atoms with Crippen molar-refractivity contribution >= 4 is 23.2 Å². The number of nitro groups is 1. The van der Waals surface area contributed by atoms with Crippen molar-refractivity contribution in [3.63, 3.8) is 0 Å².